The van der Waals surface area contributed by atoms with Crippen LogP contribution in [0.25, 0.3) is 0 Å². The van der Waals surface area contributed by atoms with Crippen molar-refractivity contribution < 1.29 is 4.74 Å². The van der Waals surface area contributed by atoms with Gasteiger partial charge in [0.1, 0.15) is 0 Å². The molecule has 1 N–H and O–H groups in total. The Morgan fingerprint density at radius 1 is 1.28 bits per heavy atom. The molecule has 0 spiro atoms. The number of hydrogen-bond donors (Lipinski definition) is 1. The highest BCUT2D eigenvalue weighted by atomic mass is 16.5. The number of hydrogen-bond acceptors (Lipinski definition) is 2. The minimum absolute atomic E-state index is 0.463. The molecule has 1 aromatic rings. The van der Waals surface area contributed by atoms with Crippen LogP contribution in [0.3, 0.4) is 0 Å². The van der Waals surface area contributed by atoms with E-state index in [0.29, 0.717) is 6.04 Å². The molecule has 2 nitrogen and oxygen atoms in total. The van der Waals surface area contributed by atoms with Gasteiger partial charge in [0.2, 0.25) is 0 Å². The zero-order chi connectivity index (χ0) is 13.2. The Bertz CT molecular complexity index is 325. The van der Waals surface area contributed by atoms with Crippen molar-refractivity contribution >= 4 is 0 Å². The first kappa shape index (κ1) is 15.2. The summed E-state index contributed by atoms with van der Waals surface area (Å²) in [6.45, 7) is 9.17. The summed E-state index contributed by atoms with van der Waals surface area (Å²) < 4.78 is 5.42. The van der Waals surface area contributed by atoms with Crippen LogP contribution in [-0.2, 0) is 4.74 Å². The molecule has 1 aromatic carbocycles. The minimum atomic E-state index is 0.463. The van der Waals surface area contributed by atoms with Crippen molar-refractivity contribution in [2.24, 2.45) is 0 Å². The van der Waals surface area contributed by atoms with E-state index >= 15 is 0 Å². The molecule has 18 heavy (non-hydrogen) atoms. The van der Waals surface area contributed by atoms with E-state index in [1.165, 1.54) is 17.5 Å². The predicted octanol–water partition coefficient (Wildman–Crippen LogP) is 3.85. The molecule has 2 heteroatoms. The highest BCUT2D eigenvalue weighted by Crippen LogP contribution is 2.19. The number of nitrogens with one attached hydrogen (secondary N) is 1. The van der Waals surface area contributed by atoms with Crippen molar-refractivity contribution in [3.8, 4) is 0 Å². The maximum absolute atomic E-state index is 5.42. The third-order valence-electron chi connectivity index (χ3n) is 3.07. The Kier molecular flexibility index (Phi) is 7.70. The number of ether oxygens (including phenoxy) is 1. The number of aryl methyl sites for hydroxylation is 1. The van der Waals surface area contributed by atoms with Gasteiger partial charge in [-0.15, -0.1) is 0 Å². The maximum atomic E-state index is 5.42. The van der Waals surface area contributed by atoms with Crippen molar-refractivity contribution in [1.29, 1.82) is 0 Å². The second-order valence-electron chi connectivity index (χ2n) is 4.76. The third kappa shape index (κ3) is 5.65. The lowest BCUT2D eigenvalue weighted by Gasteiger charge is -2.19. The molecule has 1 atom stereocenters. The topological polar surface area (TPSA) is 21.3 Å². The van der Waals surface area contributed by atoms with Gasteiger partial charge in [0.15, 0.2) is 0 Å². The van der Waals surface area contributed by atoms with E-state index in [4.69, 9.17) is 4.74 Å². The van der Waals surface area contributed by atoms with Gasteiger partial charge >= 0.3 is 0 Å². The van der Waals surface area contributed by atoms with Crippen molar-refractivity contribution in [2.45, 2.75) is 46.1 Å². The van der Waals surface area contributed by atoms with E-state index in [-0.39, 0.29) is 0 Å². The van der Waals surface area contributed by atoms with Crippen LogP contribution in [-0.4, -0.2) is 19.8 Å². The summed E-state index contributed by atoms with van der Waals surface area (Å²) in [5, 5.41) is 3.63. The average molecular weight is 249 g/mol. The van der Waals surface area contributed by atoms with E-state index < -0.39 is 0 Å². The molecule has 0 radical (unpaired) electrons. The van der Waals surface area contributed by atoms with Crippen molar-refractivity contribution in [2.75, 3.05) is 19.8 Å². The molecule has 1 unspecified atom stereocenters. The fraction of sp³-hybridized carbons (Fsp3) is 0.625. The van der Waals surface area contributed by atoms with E-state index in [9.17, 15) is 0 Å². The quantitative estimate of drug-likeness (QED) is 0.671. The minimum Gasteiger partial charge on any atom is -0.382 e. The van der Waals surface area contributed by atoms with Gasteiger partial charge in [-0.2, -0.15) is 0 Å². The smallest absolute Gasteiger partial charge is 0.0466 e. The standard InChI is InChI=1S/C16H27NO/c1-4-11-17-16(10-7-12-18-5-2)15-9-6-8-14(3)13-15/h6,8-9,13,16-17H,4-5,7,10-12H2,1-3H3. The monoisotopic (exact) mass is 249 g/mol. The molecular formula is C16H27NO. The van der Waals surface area contributed by atoms with Gasteiger partial charge in [-0.3, -0.25) is 0 Å². The molecule has 102 valence electrons. The van der Waals surface area contributed by atoms with E-state index in [1.807, 2.05) is 6.92 Å². The van der Waals surface area contributed by atoms with Gasteiger partial charge in [0, 0.05) is 19.3 Å². The lowest BCUT2D eigenvalue weighted by Crippen LogP contribution is -2.22. The summed E-state index contributed by atoms with van der Waals surface area (Å²) in [5.74, 6) is 0. The summed E-state index contributed by atoms with van der Waals surface area (Å²) in [6, 6.07) is 9.27. The Balaban J connectivity index is 2.54. The zero-order valence-electron chi connectivity index (χ0n) is 12.0. The zero-order valence-corrected chi connectivity index (χ0v) is 12.0. The molecule has 0 aliphatic heterocycles. The predicted molar refractivity (Wildman–Crippen MR) is 77.9 cm³/mol. The fourth-order valence-corrected chi connectivity index (χ4v) is 2.13. The Morgan fingerprint density at radius 2 is 2.11 bits per heavy atom. The molecular weight excluding hydrogens is 222 g/mol. The molecule has 1 rings (SSSR count). The van der Waals surface area contributed by atoms with Crippen molar-refractivity contribution in [3.63, 3.8) is 0 Å². The Morgan fingerprint density at radius 3 is 2.78 bits per heavy atom. The first-order valence-electron chi connectivity index (χ1n) is 7.15. The maximum Gasteiger partial charge on any atom is 0.0466 e. The Hall–Kier alpha value is -0.860. The number of rotatable bonds is 9. The number of benzene rings is 1. The van der Waals surface area contributed by atoms with Gasteiger partial charge in [0.25, 0.3) is 0 Å². The molecule has 0 saturated heterocycles. The molecule has 0 aliphatic carbocycles. The normalized spacial score (nSPS) is 12.6. The first-order valence-corrected chi connectivity index (χ1v) is 7.15. The van der Waals surface area contributed by atoms with E-state index in [0.717, 1.165) is 32.6 Å². The molecule has 0 aromatic heterocycles. The highest BCUT2D eigenvalue weighted by molar-refractivity contribution is 5.25. The van der Waals surface area contributed by atoms with Crippen LogP contribution >= 0.6 is 0 Å². The Labute approximate surface area is 112 Å². The summed E-state index contributed by atoms with van der Waals surface area (Å²) in [5.41, 5.74) is 2.74. The van der Waals surface area contributed by atoms with Gasteiger partial charge in [-0.25, -0.2) is 0 Å². The van der Waals surface area contributed by atoms with Crippen LogP contribution in [0, 0.1) is 6.92 Å². The van der Waals surface area contributed by atoms with Gasteiger partial charge < -0.3 is 10.1 Å². The van der Waals surface area contributed by atoms with Crippen molar-refractivity contribution in [1.82, 2.24) is 5.32 Å². The van der Waals surface area contributed by atoms with Crippen LogP contribution in [0.1, 0.15) is 50.3 Å². The van der Waals surface area contributed by atoms with E-state index in [1.54, 1.807) is 0 Å². The molecule has 0 amide bonds. The van der Waals surface area contributed by atoms with Gasteiger partial charge in [-0.1, -0.05) is 36.8 Å². The lowest BCUT2D eigenvalue weighted by molar-refractivity contribution is 0.141. The lowest BCUT2D eigenvalue weighted by atomic mass is 10.00. The van der Waals surface area contributed by atoms with E-state index in [2.05, 4.69) is 43.4 Å². The second kappa shape index (κ2) is 9.12. The molecule has 0 fully saturated rings. The van der Waals surface area contributed by atoms with Crippen LogP contribution < -0.4 is 5.32 Å². The molecule has 0 saturated carbocycles. The summed E-state index contributed by atoms with van der Waals surface area (Å²) in [7, 11) is 0. The fourth-order valence-electron chi connectivity index (χ4n) is 2.13. The largest absolute Gasteiger partial charge is 0.382 e. The first-order chi connectivity index (χ1) is 8.77. The third-order valence-corrected chi connectivity index (χ3v) is 3.07. The van der Waals surface area contributed by atoms with Crippen LogP contribution in [0.15, 0.2) is 24.3 Å². The van der Waals surface area contributed by atoms with Crippen LogP contribution in [0.5, 0.6) is 0 Å². The average Bonchev–Trinajstić information content (AvgIpc) is 2.38. The van der Waals surface area contributed by atoms with Gasteiger partial charge in [0.05, 0.1) is 0 Å². The molecule has 0 bridgehead atoms. The summed E-state index contributed by atoms with van der Waals surface area (Å²) in [6.07, 6.45) is 3.43. The molecule has 0 aliphatic rings. The van der Waals surface area contributed by atoms with Gasteiger partial charge in [-0.05, 0) is 45.2 Å². The van der Waals surface area contributed by atoms with Crippen LogP contribution in [0.2, 0.25) is 0 Å². The second-order valence-corrected chi connectivity index (χ2v) is 4.76. The van der Waals surface area contributed by atoms with Crippen molar-refractivity contribution in [3.05, 3.63) is 35.4 Å². The summed E-state index contributed by atoms with van der Waals surface area (Å²) in [4.78, 5) is 0. The molecule has 0 heterocycles. The highest BCUT2D eigenvalue weighted by Gasteiger charge is 2.10. The SMILES string of the molecule is CCCNC(CCCOCC)c1cccc(C)c1. The summed E-state index contributed by atoms with van der Waals surface area (Å²) >= 11 is 0. The van der Waals surface area contributed by atoms with Crippen LogP contribution in [0.4, 0.5) is 0 Å².